The Hall–Kier alpha value is -1.98. The number of benzene rings is 3. The lowest BCUT2D eigenvalue weighted by Gasteiger charge is -2.49. The molecule has 3 aromatic carbocycles. The van der Waals surface area contributed by atoms with Crippen molar-refractivity contribution in [1.82, 2.24) is 0 Å². The van der Waals surface area contributed by atoms with Gasteiger partial charge in [-0.05, 0) is 37.5 Å². The first-order valence-electron chi connectivity index (χ1n) is 9.69. The van der Waals surface area contributed by atoms with Gasteiger partial charge in [-0.1, -0.05) is 102 Å². The summed E-state index contributed by atoms with van der Waals surface area (Å²) in [6.07, 6.45) is 1.37. The van der Waals surface area contributed by atoms with Crippen LogP contribution in [0.15, 0.2) is 66.7 Å². The maximum absolute atomic E-state index is 12.4. The van der Waals surface area contributed by atoms with Crippen LogP contribution < -0.4 is 5.30 Å². The van der Waals surface area contributed by atoms with Gasteiger partial charge in [-0.25, -0.2) is 0 Å². The van der Waals surface area contributed by atoms with Crippen LogP contribution in [-0.4, -0.2) is 16.1 Å². The van der Waals surface area contributed by atoms with E-state index in [1.807, 2.05) is 0 Å². The Morgan fingerprint density at radius 1 is 0.704 bits per heavy atom. The van der Waals surface area contributed by atoms with E-state index >= 15 is 0 Å². The number of hydrogen-bond acceptors (Lipinski definition) is 1. The molecule has 138 valence electrons. The number of Topliss-reactive ketones (excluding diaryl/α,β-unsaturated/α-hetero) is 1. The molecular formula is C25H27OP. The minimum Gasteiger partial charge on any atom is -0.300 e. The monoisotopic (exact) mass is 374 g/mol. The molecule has 1 nitrogen and oxygen atoms in total. The second-order valence-corrected chi connectivity index (χ2v) is 12.5. The normalized spacial score (nSPS) is 19.3. The number of ketones is 1. The first-order valence-corrected chi connectivity index (χ1v) is 11.0. The number of hydrogen-bond donors (Lipinski definition) is 0. The van der Waals surface area contributed by atoms with E-state index in [-0.39, 0.29) is 10.3 Å². The van der Waals surface area contributed by atoms with Crippen LogP contribution in [0, 0.1) is 0 Å². The van der Waals surface area contributed by atoms with Crippen molar-refractivity contribution in [3.05, 3.63) is 66.7 Å². The standard InChI is InChI=1S/C25H27OP/c1-24(2)16-19(26)17-25(3,4)27(24)23-15-8-7-13-22(23)21-14-9-11-18-10-5-6-12-20(18)21/h5-15H,16-17H2,1-4H3. The van der Waals surface area contributed by atoms with Crippen molar-refractivity contribution < 1.29 is 4.79 Å². The molecule has 0 N–H and O–H groups in total. The second-order valence-electron chi connectivity index (χ2n) is 8.90. The van der Waals surface area contributed by atoms with Crippen molar-refractivity contribution in [2.24, 2.45) is 0 Å². The Labute approximate surface area is 163 Å². The zero-order valence-electron chi connectivity index (χ0n) is 16.6. The summed E-state index contributed by atoms with van der Waals surface area (Å²) < 4.78 is 0. The highest BCUT2D eigenvalue weighted by Crippen LogP contribution is 2.65. The molecule has 2 heteroatoms. The SMILES string of the molecule is CC1(C)CC(=O)CC(C)(C)P1c1ccccc1-c1cccc2ccccc12. The number of fused-ring (bicyclic) bond motifs is 1. The van der Waals surface area contributed by atoms with Gasteiger partial charge >= 0.3 is 0 Å². The van der Waals surface area contributed by atoms with Crippen LogP contribution >= 0.6 is 7.92 Å². The predicted molar refractivity (Wildman–Crippen MR) is 118 cm³/mol. The van der Waals surface area contributed by atoms with Crippen molar-refractivity contribution in [3.63, 3.8) is 0 Å². The van der Waals surface area contributed by atoms with Crippen molar-refractivity contribution in [3.8, 4) is 11.1 Å². The Kier molecular flexibility index (Phi) is 4.47. The first-order chi connectivity index (χ1) is 12.8. The van der Waals surface area contributed by atoms with Crippen LogP contribution in [0.2, 0.25) is 0 Å². The van der Waals surface area contributed by atoms with E-state index in [1.54, 1.807) is 0 Å². The molecule has 27 heavy (non-hydrogen) atoms. The molecule has 0 radical (unpaired) electrons. The molecule has 0 aliphatic carbocycles. The van der Waals surface area contributed by atoms with Gasteiger partial charge in [0.2, 0.25) is 0 Å². The zero-order chi connectivity index (χ0) is 19.2. The van der Waals surface area contributed by atoms with Crippen LogP contribution in [0.1, 0.15) is 40.5 Å². The second kappa shape index (κ2) is 6.57. The minimum atomic E-state index is -0.501. The highest BCUT2D eigenvalue weighted by molar-refractivity contribution is 7.69. The summed E-state index contributed by atoms with van der Waals surface area (Å²) in [7, 11) is -0.501. The third-order valence-electron chi connectivity index (χ3n) is 5.69. The molecule has 3 aromatic rings. The Bertz CT molecular complexity index is 990. The van der Waals surface area contributed by atoms with E-state index in [0.717, 1.165) is 0 Å². The lowest BCUT2D eigenvalue weighted by Crippen LogP contribution is -2.43. The molecule has 0 spiro atoms. The quantitative estimate of drug-likeness (QED) is 0.466. The van der Waals surface area contributed by atoms with Crippen LogP contribution in [0.3, 0.4) is 0 Å². The molecule has 1 aliphatic heterocycles. The van der Waals surface area contributed by atoms with Gasteiger partial charge in [0.15, 0.2) is 0 Å². The molecule has 1 saturated heterocycles. The Morgan fingerprint density at radius 2 is 1.26 bits per heavy atom. The lowest BCUT2D eigenvalue weighted by atomic mass is 9.96. The highest BCUT2D eigenvalue weighted by Gasteiger charge is 2.48. The third-order valence-corrected chi connectivity index (χ3v) is 9.30. The first kappa shape index (κ1) is 18.4. The zero-order valence-corrected chi connectivity index (χ0v) is 17.5. The summed E-state index contributed by atoms with van der Waals surface area (Å²) in [5.74, 6) is 0.409. The van der Waals surface area contributed by atoms with E-state index in [9.17, 15) is 4.79 Å². The van der Waals surface area contributed by atoms with Gasteiger partial charge < -0.3 is 0 Å². The van der Waals surface area contributed by atoms with Crippen molar-refractivity contribution in [2.45, 2.75) is 50.8 Å². The van der Waals surface area contributed by atoms with Crippen LogP contribution in [-0.2, 0) is 4.79 Å². The van der Waals surface area contributed by atoms with Gasteiger partial charge in [-0.2, -0.15) is 0 Å². The lowest BCUT2D eigenvalue weighted by molar-refractivity contribution is -0.120. The fourth-order valence-electron chi connectivity index (χ4n) is 5.01. The smallest absolute Gasteiger partial charge is 0.134 e. The predicted octanol–water partition coefficient (Wildman–Crippen LogP) is 6.53. The van der Waals surface area contributed by atoms with E-state index in [0.29, 0.717) is 18.6 Å². The van der Waals surface area contributed by atoms with E-state index in [4.69, 9.17) is 0 Å². The highest BCUT2D eigenvalue weighted by atomic mass is 31.1. The molecule has 1 heterocycles. The molecule has 4 rings (SSSR count). The Morgan fingerprint density at radius 3 is 2.00 bits per heavy atom. The summed E-state index contributed by atoms with van der Waals surface area (Å²) in [5.41, 5.74) is 2.63. The molecule has 0 atom stereocenters. The van der Waals surface area contributed by atoms with Gasteiger partial charge in [0, 0.05) is 12.8 Å². The van der Waals surface area contributed by atoms with Crippen molar-refractivity contribution in [1.29, 1.82) is 0 Å². The molecular weight excluding hydrogens is 347 g/mol. The van der Waals surface area contributed by atoms with Gasteiger partial charge in [0.25, 0.3) is 0 Å². The number of carbonyl (C=O) groups excluding carboxylic acids is 1. The number of carbonyl (C=O) groups is 1. The topological polar surface area (TPSA) is 17.1 Å². The molecule has 1 aliphatic rings. The molecule has 0 amide bonds. The molecule has 0 aromatic heterocycles. The van der Waals surface area contributed by atoms with Gasteiger partial charge in [-0.3, -0.25) is 4.79 Å². The maximum atomic E-state index is 12.4. The van der Waals surface area contributed by atoms with Crippen molar-refractivity contribution >= 4 is 29.8 Å². The van der Waals surface area contributed by atoms with E-state index in [1.165, 1.54) is 27.2 Å². The molecule has 0 unspecified atom stereocenters. The summed E-state index contributed by atoms with van der Waals surface area (Å²) in [4.78, 5) is 12.4. The van der Waals surface area contributed by atoms with E-state index < -0.39 is 7.92 Å². The summed E-state index contributed by atoms with van der Waals surface area (Å²) in [5, 5.41) is 4.02. The summed E-state index contributed by atoms with van der Waals surface area (Å²) >= 11 is 0. The van der Waals surface area contributed by atoms with Crippen LogP contribution in [0.25, 0.3) is 21.9 Å². The summed E-state index contributed by atoms with van der Waals surface area (Å²) in [6.45, 7) is 9.16. The average Bonchev–Trinajstić information content (AvgIpc) is 2.59. The van der Waals surface area contributed by atoms with Gasteiger partial charge in [0.05, 0.1) is 0 Å². The molecule has 1 fully saturated rings. The third kappa shape index (κ3) is 3.23. The van der Waals surface area contributed by atoms with Gasteiger partial charge in [0.1, 0.15) is 5.78 Å². The Balaban J connectivity index is 1.95. The average molecular weight is 374 g/mol. The fourth-order valence-corrected chi connectivity index (χ4v) is 9.30. The van der Waals surface area contributed by atoms with Crippen LogP contribution in [0.5, 0.6) is 0 Å². The van der Waals surface area contributed by atoms with Gasteiger partial charge in [-0.15, -0.1) is 0 Å². The minimum absolute atomic E-state index is 0.00878. The number of rotatable bonds is 2. The summed E-state index contributed by atoms with van der Waals surface area (Å²) in [6, 6.07) is 24.1. The van der Waals surface area contributed by atoms with Crippen molar-refractivity contribution in [2.75, 3.05) is 0 Å². The fraction of sp³-hybridized carbons (Fsp3) is 0.320. The molecule has 0 saturated carbocycles. The largest absolute Gasteiger partial charge is 0.300 e. The van der Waals surface area contributed by atoms with E-state index in [2.05, 4.69) is 94.4 Å². The maximum Gasteiger partial charge on any atom is 0.134 e. The van der Waals surface area contributed by atoms with Crippen LogP contribution in [0.4, 0.5) is 0 Å². The molecule has 0 bridgehead atoms.